The number of carbonyl (C=O) groups excluding carboxylic acids is 1. The van der Waals surface area contributed by atoms with E-state index in [1.54, 1.807) is 6.07 Å². The van der Waals surface area contributed by atoms with Crippen LogP contribution in [0.25, 0.3) is 43.1 Å². The maximum atomic E-state index is 13.0. The first-order valence-electron chi connectivity index (χ1n) is 11.0. The number of carbonyl (C=O) groups is 4. The minimum atomic E-state index is -4.34. The van der Waals surface area contributed by atoms with Gasteiger partial charge in [-0.1, -0.05) is 24.3 Å². The zero-order valence-electron chi connectivity index (χ0n) is 19.2. The molecule has 0 radical (unpaired) electrons. The molecule has 11 nitrogen and oxygen atoms in total. The molecule has 0 unspecified atom stereocenters. The molecule has 0 bridgehead atoms. The number of nitrogens with one attached hydrogen (secondary N) is 1. The van der Waals surface area contributed by atoms with Crippen LogP contribution in [0.1, 0.15) is 41.4 Å². The highest BCUT2D eigenvalue weighted by atomic mass is 32.2. The second kappa shape index (κ2) is 8.64. The molecule has 5 N–H and O–H groups in total. The van der Waals surface area contributed by atoms with Gasteiger partial charge in [0.2, 0.25) is 0 Å². The lowest BCUT2D eigenvalue weighted by molar-refractivity contribution is 0.0685. The van der Waals surface area contributed by atoms with Crippen LogP contribution in [0, 0.1) is 0 Å². The van der Waals surface area contributed by atoms with E-state index in [0.717, 1.165) is 0 Å². The molecule has 0 aliphatic rings. The second-order valence-corrected chi connectivity index (χ2v) is 10.2. The van der Waals surface area contributed by atoms with Crippen molar-refractivity contribution in [2.75, 3.05) is 12.3 Å². The van der Waals surface area contributed by atoms with Gasteiger partial charge in [0.05, 0.1) is 22.4 Å². The summed E-state index contributed by atoms with van der Waals surface area (Å²) in [6.07, 6.45) is 0. The van der Waals surface area contributed by atoms with Crippen LogP contribution in [-0.2, 0) is 10.1 Å². The minimum Gasteiger partial charge on any atom is -0.478 e. The molecule has 0 spiro atoms. The smallest absolute Gasteiger partial charge is 0.336 e. The van der Waals surface area contributed by atoms with Crippen LogP contribution in [-0.4, -0.2) is 64.4 Å². The average molecular weight is 535 g/mol. The minimum absolute atomic E-state index is 0.0214. The van der Waals surface area contributed by atoms with Crippen LogP contribution >= 0.6 is 0 Å². The number of carboxylic acids is 3. The Labute approximate surface area is 213 Å². The molecule has 5 aromatic rings. The van der Waals surface area contributed by atoms with Crippen molar-refractivity contribution in [1.82, 2.24) is 5.32 Å². The fourth-order valence-electron chi connectivity index (χ4n) is 5.00. The number of fused-ring (bicyclic) bond motifs is 2. The van der Waals surface area contributed by atoms with E-state index in [1.807, 2.05) is 0 Å². The fraction of sp³-hybridized carbons (Fsp3) is 0.0769. The average Bonchev–Trinajstić information content (AvgIpc) is 2.84. The van der Waals surface area contributed by atoms with Gasteiger partial charge in [-0.3, -0.25) is 9.35 Å². The van der Waals surface area contributed by atoms with Crippen LogP contribution in [0.4, 0.5) is 0 Å². The number of hydrogen-bond donors (Lipinski definition) is 5. The Morgan fingerprint density at radius 2 is 0.921 bits per heavy atom. The lowest BCUT2D eigenvalue weighted by Gasteiger charge is -2.19. The summed E-state index contributed by atoms with van der Waals surface area (Å²) in [6.45, 7) is -0.416. The predicted octanol–water partition coefficient (Wildman–Crippen LogP) is 3.45. The molecule has 1 amide bonds. The molecule has 192 valence electrons. The van der Waals surface area contributed by atoms with Gasteiger partial charge in [0.15, 0.2) is 0 Å². The van der Waals surface area contributed by atoms with Crippen molar-refractivity contribution in [1.29, 1.82) is 0 Å². The van der Waals surface area contributed by atoms with Crippen LogP contribution in [0.15, 0.2) is 48.5 Å². The number of amides is 1. The van der Waals surface area contributed by atoms with E-state index < -0.39 is 46.2 Å². The molecule has 38 heavy (non-hydrogen) atoms. The molecule has 0 heterocycles. The molecule has 0 aliphatic heterocycles. The second-order valence-electron chi connectivity index (χ2n) is 8.60. The number of hydrogen-bond acceptors (Lipinski definition) is 6. The van der Waals surface area contributed by atoms with Gasteiger partial charge in [-0.2, -0.15) is 8.42 Å². The highest BCUT2D eigenvalue weighted by Crippen LogP contribution is 2.44. The maximum absolute atomic E-state index is 13.0. The highest BCUT2D eigenvalue weighted by molar-refractivity contribution is 7.85. The van der Waals surface area contributed by atoms with Gasteiger partial charge in [0, 0.05) is 22.9 Å². The lowest BCUT2D eigenvalue weighted by Crippen LogP contribution is -2.29. The summed E-state index contributed by atoms with van der Waals surface area (Å²) in [5, 5.41) is 34.5. The summed E-state index contributed by atoms with van der Waals surface area (Å²) in [5.74, 6) is -5.45. The van der Waals surface area contributed by atoms with E-state index in [9.17, 15) is 42.9 Å². The Balaban J connectivity index is 1.92. The van der Waals surface area contributed by atoms with E-state index in [4.69, 9.17) is 4.55 Å². The van der Waals surface area contributed by atoms with E-state index in [1.165, 1.54) is 42.5 Å². The zero-order valence-corrected chi connectivity index (χ0v) is 20.0. The largest absolute Gasteiger partial charge is 0.478 e. The molecule has 0 aromatic heterocycles. The van der Waals surface area contributed by atoms with Gasteiger partial charge in [-0.15, -0.1) is 0 Å². The molecule has 5 aromatic carbocycles. The van der Waals surface area contributed by atoms with Crippen LogP contribution < -0.4 is 5.32 Å². The SMILES string of the molecule is O=C(O)c1ccc2c3ccc(C(=O)O)c4c(C(=O)NCCS(=O)(=O)O)ccc(c5ccc(C(=O)O)c1c25)c43. The molecule has 0 saturated heterocycles. The van der Waals surface area contributed by atoms with Crippen molar-refractivity contribution in [2.24, 2.45) is 0 Å². The third-order valence-electron chi connectivity index (χ3n) is 6.48. The van der Waals surface area contributed by atoms with E-state index in [2.05, 4.69) is 5.32 Å². The molecule has 0 fully saturated rings. The Morgan fingerprint density at radius 3 is 1.26 bits per heavy atom. The Kier molecular flexibility index (Phi) is 5.66. The summed E-state index contributed by atoms with van der Waals surface area (Å²) in [4.78, 5) is 49.2. The number of benzene rings is 5. The first-order valence-corrected chi connectivity index (χ1v) is 12.6. The van der Waals surface area contributed by atoms with Crippen LogP contribution in [0.2, 0.25) is 0 Å². The van der Waals surface area contributed by atoms with Crippen molar-refractivity contribution in [2.45, 2.75) is 0 Å². The Hall–Kier alpha value is -4.81. The van der Waals surface area contributed by atoms with Crippen molar-refractivity contribution >= 4 is 77.0 Å². The van der Waals surface area contributed by atoms with Gasteiger partial charge in [-0.25, -0.2) is 14.4 Å². The molecule has 0 saturated carbocycles. The summed E-state index contributed by atoms with van der Waals surface area (Å²) in [6, 6.07) is 11.3. The highest BCUT2D eigenvalue weighted by Gasteiger charge is 2.25. The lowest BCUT2D eigenvalue weighted by atomic mass is 9.84. The van der Waals surface area contributed by atoms with Gasteiger partial charge in [0.1, 0.15) is 0 Å². The van der Waals surface area contributed by atoms with Gasteiger partial charge >= 0.3 is 17.9 Å². The van der Waals surface area contributed by atoms with Crippen molar-refractivity contribution in [3.63, 3.8) is 0 Å². The van der Waals surface area contributed by atoms with Crippen molar-refractivity contribution in [3.05, 3.63) is 70.8 Å². The maximum Gasteiger partial charge on any atom is 0.336 e. The van der Waals surface area contributed by atoms with E-state index in [-0.39, 0.29) is 33.0 Å². The van der Waals surface area contributed by atoms with Crippen LogP contribution in [0.5, 0.6) is 0 Å². The first kappa shape index (κ1) is 24.9. The molecule has 0 atom stereocenters. The molecule has 0 aliphatic carbocycles. The third-order valence-corrected chi connectivity index (χ3v) is 7.20. The van der Waals surface area contributed by atoms with Gasteiger partial charge in [-0.05, 0) is 56.6 Å². The fourth-order valence-corrected chi connectivity index (χ4v) is 5.36. The summed E-state index contributed by atoms with van der Waals surface area (Å²) < 4.78 is 31.0. The molecular formula is C26H17NO10S. The number of aromatic carboxylic acids is 3. The van der Waals surface area contributed by atoms with Crippen molar-refractivity contribution < 1.29 is 47.5 Å². The quantitative estimate of drug-likeness (QED) is 0.117. The Morgan fingerprint density at radius 1 is 0.579 bits per heavy atom. The monoisotopic (exact) mass is 535 g/mol. The number of carboxylic acid groups (broad SMARTS) is 3. The standard InChI is InChI=1S/C26H17NO10S/c28-23(27-9-10-38(35,36)37)15-5-1-11-13-3-7-17(25(31)32)22-18(26(33)34)8-4-14(20(13)22)12-2-6-16(24(29)30)21(15)19(11)12/h1-8H,9-10H2,(H,27,28)(H,29,30)(H,31,32)(H,33,34)(H,35,36,37). The van der Waals surface area contributed by atoms with Crippen LogP contribution in [0.3, 0.4) is 0 Å². The number of rotatable bonds is 7. The molecular weight excluding hydrogens is 518 g/mol. The zero-order chi connectivity index (χ0) is 27.5. The topological polar surface area (TPSA) is 195 Å². The van der Waals surface area contributed by atoms with E-state index >= 15 is 0 Å². The first-order chi connectivity index (χ1) is 17.9. The normalized spacial score (nSPS) is 11.9. The summed E-state index contributed by atoms with van der Waals surface area (Å²) in [7, 11) is -4.34. The third kappa shape index (κ3) is 3.83. The molecule has 5 rings (SSSR count). The Bertz CT molecular complexity index is 1910. The van der Waals surface area contributed by atoms with E-state index in [0.29, 0.717) is 32.3 Å². The summed E-state index contributed by atoms with van der Waals surface area (Å²) >= 11 is 0. The predicted molar refractivity (Wildman–Crippen MR) is 137 cm³/mol. The van der Waals surface area contributed by atoms with Gasteiger partial charge < -0.3 is 20.6 Å². The van der Waals surface area contributed by atoms with Gasteiger partial charge in [0.25, 0.3) is 16.0 Å². The van der Waals surface area contributed by atoms with Crippen molar-refractivity contribution in [3.8, 4) is 0 Å². The molecule has 12 heteroatoms. The summed E-state index contributed by atoms with van der Waals surface area (Å²) in [5.41, 5.74) is -0.670.